The zero-order valence-corrected chi connectivity index (χ0v) is 14.0. The fourth-order valence-corrected chi connectivity index (χ4v) is 1.60. The predicted molar refractivity (Wildman–Crippen MR) is 97.0 cm³/mol. The number of carbonyl (C=O) groups is 1. The molecular weight excluding hydrogens is 398 g/mol. The summed E-state index contributed by atoms with van der Waals surface area (Å²) in [5.41, 5.74) is 6.97. The van der Waals surface area contributed by atoms with Crippen molar-refractivity contribution in [2.75, 3.05) is 17.2 Å². The summed E-state index contributed by atoms with van der Waals surface area (Å²) in [6, 6.07) is 14.8. The van der Waals surface area contributed by atoms with Crippen LogP contribution in [-0.2, 0) is 4.79 Å². The number of hydrogen-bond acceptors (Lipinski definition) is 2. The molecule has 0 saturated heterocycles. The number of para-hydroxylation sites is 1. The van der Waals surface area contributed by atoms with Crippen LogP contribution in [-0.4, -0.2) is 18.4 Å². The summed E-state index contributed by atoms with van der Waals surface area (Å²) >= 11 is 0. The Balaban J connectivity index is 0.00000242. The monoisotopic (exact) mass is 414 g/mol. The number of amides is 1. The van der Waals surface area contributed by atoms with Crippen LogP contribution in [0.2, 0.25) is 0 Å². The van der Waals surface area contributed by atoms with E-state index in [1.807, 2.05) is 30.3 Å². The SMILES string of the molecule is I.NC(=NCC(=O)Nc1ccc(F)cc1)Nc1ccccc1. The summed E-state index contributed by atoms with van der Waals surface area (Å²) in [6.07, 6.45) is 0. The Morgan fingerprint density at radius 2 is 1.59 bits per heavy atom. The van der Waals surface area contributed by atoms with Gasteiger partial charge in [0, 0.05) is 11.4 Å². The van der Waals surface area contributed by atoms with E-state index in [4.69, 9.17) is 5.73 Å². The van der Waals surface area contributed by atoms with Gasteiger partial charge in [-0.2, -0.15) is 0 Å². The third-order valence-electron chi connectivity index (χ3n) is 2.57. The maximum atomic E-state index is 12.7. The number of benzene rings is 2. The van der Waals surface area contributed by atoms with Crippen LogP contribution in [0.3, 0.4) is 0 Å². The molecule has 0 saturated carbocycles. The van der Waals surface area contributed by atoms with Crippen LogP contribution in [0.5, 0.6) is 0 Å². The summed E-state index contributed by atoms with van der Waals surface area (Å²) in [4.78, 5) is 15.6. The van der Waals surface area contributed by atoms with Crippen molar-refractivity contribution in [3.05, 3.63) is 60.4 Å². The number of anilines is 2. The minimum absolute atomic E-state index is 0. The van der Waals surface area contributed by atoms with Gasteiger partial charge in [-0.1, -0.05) is 18.2 Å². The van der Waals surface area contributed by atoms with Gasteiger partial charge in [0.05, 0.1) is 0 Å². The summed E-state index contributed by atoms with van der Waals surface area (Å²) < 4.78 is 12.7. The standard InChI is InChI=1S/C15H15FN4O.HI/c16-11-6-8-13(9-7-11)19-14(21)10-18-15(17)20-12-4-2-1-3-5-12;/h1-9H,10H2,(H,19,21)(H3,17,18,20);1H. The van der Waals surface area contributed by atoms with Crippen LogP contribution in [0.4, 0.5) is 15.8 Å². The maximum absolute atomic E-state index is 12.7. The highest BCUT2D eigenvalue weighted by Crippen LogP contribution is 2.08. The van der Waals surface area contributed by atoms with Crippen LogP contribution >= 0.6 is 24.0 Å². The van der Waals surface area contributed by atoms with Crippen molar-refractivity contribution in [1.29, 1.82) is 0 Å². The summed E-state index contributed by atoms with van der Waals surface area (Å²) in [5.74, 6) is -0.544. The average Bonchev–Trinajstić information content (AvgIpc) is 2.49. The average molecular weight is 414 g/mol. The molecule has 0 bridgehead atoms. The molecule has 0 aliphatic heterocycles. The number of carbonyl (C=O) groups excluding carboxylic acids is 1. The number of nitrogens with two attached hydrogens (primary N) is 1. The molecular formula is C15H16FIN4O. The predicted octanol–water partition coefficient (Wildman–Crippen LogP) is 2.81. The summed E-state index contributed by atoms with van der Waals surface area (Å²) in [6.45, 7) is -0.122. The third kappa shape index (κ3) is 6.08. The Kier molecular flexibility index (Phi) is 7.30. The number of aliphatic imine (C=N–C) groups is 1. The largest absolute Gasteiger partial charge is 0.370 e. The van der Waals surface area contributed by atoms with Gasteiger partial charge < -0.3 is 16.4 Å². The first-order chi connectivity index (χ1) is 10.1. The molecule has 2 aromatic rings. The Bertz CT molecular complexity index is 632. The molecule has 0 atom stereocenters. The van der Waals surface area contributed by atoms with Gasteiger partial charge in [0.1, 0.15) is 12.4 Å². The van der Waals surface area contributed by atoms with E-state index in [9.17, 15) is 9.18 Å². The topological polar surface area (TPSA) is 79.5 Å². The van der Waals surface area contributed by atoms with Gasteiger partial charge in [0.15, 0.2) is 5.96 Å². The second-order valence-electron chi connectivity index (χ2n) is 4.25. The second kappa shape index (κ2) is 8.98. The first-order valence-corrected chi connectivity index (χ1v) is 6.31. The molecule has 4 N–H and O–H groups in total. The van der Waals surface area contributed by atoms with E-state index in [1.54, 1.807) is 0 Å². The van der Waals surface area contributed by atoms with Gasteiger partial charge in [-0.3, -0.25) is 4.79 Å². The van der Waals surface area contributed by atoms with Gasteiger partial charge in [-0.25, -0.2) is 9.38 Å². The molecule has 0 fully saturated rings. The lowest BCUT2D eigenvalue weighted by molar-refractivity contribution is -0.114. The van der Waals surface area contributed by atoms with Crippen LogP contribution in [0.15, 0.2) is 59.6 Å². The molecule has 0 aliphatic carbocycles. The highest BCUT2D eigenvalue weighted by atomic mass is 127. The number of rotatable bonds is 4. The van der Waals surface area contributed by atoms with Crippen molar-refractivity contribution in [2.45, 2.75) is 0 Å². The van der Waals surface area contributed by atoms with Crippen LogP contribution in [0, 0.1) is 5.82 Å². The lowest BCUT2D eigenvalue weighted by atomic mass is 10.3. The molecule has 0 unspecified atom stereocenters. The van der Waals surface area contributed by atoms with E-state index in [-0.39, 0.29) is 48.2 Å². The van der Waals surface area contributed by atoms with Gasteiger partial charge in [-0.15, -0.1) is 24.0 Å². The first kappa shape index (κ1) is 17.9. The van der Waals surface area contributed by atoms with E-state index in [0.717, 1.165) is 5.69 Å². The van der Waals surface area contributed by atoms with Gasteiger partial charge in [0.2, 0.25) is 5.91 Å². The maximum Gasteiger partial charge on any atom is 0.246 e. The first-order valence-electron chi connectivity index (χ1n) is 6.31. The molecule has 0 aliphatic rings. The zero-order valence-electron chi connectivity index (χ0n) is 11.6. The van der Waals surface area contributed by atoms with Crippen molar-refractivity contribution in [3.63, 3.8) is 0 Å². The van der Waals surface area contributed by atoms with Gasteiger partial charge >= 0.3 is 0 Å². The Morgan fingerprint density at radius 1 is 1.00 bits per heavy atom. The number of hydrogen-bond donors (Lipinski definition) is 3. The number of nitrogens with zero attached hydrogens (tertiary/aromatic N) is 1. The minimum Gasteiger partial charge on any atom is -0.370 e. The zero-order chi connectivity index (χ0) is 15.1. The molecule has 116 valence electrons. The quantitative estimate of drug-likeness (QED) is 0.409. The molecule has 0 aromatic heterocycles. The minimum atomic E-state index is -0.359. The normalized spacial score (nSPS) is 10.5. The highest BCUT2D eigenvalue weighted by molar-refractivity contribution is 14.0. The summed E-state index contributed by atoms with van der Waals surface area (Å²) in [5, 5.41) is 5.46. The lowest BCUT2D eigenvalue weighted by Crippen LogP contribution is -2.25. The molecule has 2 rings (SSSR count). The Morgan fingerprint density at radius 3 is 2.23 bits per heavy atom. The molecule has 0 spiro atoms. The van der Waals surface area contributed by atoms with Crippen LogP contribution < -0.4 is 16.4 Å². The van der Waals surface area contributed by atoms with E-state index in [0.29, 0.717) is 5.69 Å². The van der Waals surface area contributed by atoms with E-state index in [2.05, 4.69) is 15.6 Å². The highest BCUT2D eigenvalue weighted by Gasteiger charge is 2.02. The lowest BCUT2D eigenvalue weighted by Gasteiger charge is -2.06. The second-order valence-corrected chi connectivity index (χ2v) is 4.25. The molecule has 7 heteroatoms. The van der Waals surface area contributed by atoms with Crippen molar-refractivity contribution in [2.24, 2.45) is 10.7 Å². The number of halogens is 2. The van der Waals surface area contributed by atoms with E-state index < -0.39 is 0 Å². The van der Waals surface area contributed by atoms with Crippen molar-refractivity contribution in [3.8, 4) is 0 Å². The molecule has 0 radical (unpaired) electrons. The van der Waals surface area contributed by atoms with Crippen LogP contribution in [0.25, 0.3) is 0 Å². The van der Waals surface area contributed by atoms with Crippen molar-refractivity contribution < 1.29 is 9.18 Å². The Labute approximate surface area is 144 Å². The van der Waals surface area contributed by atoms with Crippen LogP contribution in [0.1, 0.15) is 0 Å². The third-order valence-corrected chi connectivity index (χ3v) is 2.57. The molecule has 22 heavy (non-hydrogen) atoms. The van der Waals surface area contributed by atoms with Gasteiger partial charge in [-0.05, 0) is 36.4 Å². The molecule has 2 aromatic carbocycles. The molecule has 5 nitrogen and oxygen atoms in total. The number of guanidine groups is 1. The smallest absolute Gasteiger partial charge is 0.246 e. The fraction of sp³-hybridized carbons (Fsp3) is 0.0667. The Hall–Kier alpha value is -2.16. The molecule has 0 heterocycles. The van der Waals surface area contributed by atoms with Gasteiger partial charge in [0.25, 0.3) is 0 Å². The molecule has 1 amide bonds. The van der Waals surface area contributed by atoms with E-state index >= 15 is 0 Å². The summed E-state index contributed by atoms with van der Waals surface area (Å²) in [7, 11) is 0. The number of nitrogens with one attached hydrogen (secondary N) is 2. The van der Waals surface area contributed by atoms with Crippen molar-refractivity contribution >= 4 is 47.2 Å². The fourth-order valence-electron chi connectivity index (χ4n) is 1.60. The van der Waals surface area contributed by atoms with E-state index in [1.165, 1.54) is 24.3 Å². The van der Waals surface area contributed by atoms with Crippen molar-refractivity contribution in [1.82, 2.24) is 0 Å².